The first-order chi connectivity index (χ1) is 13.0. The standard InChI is InChI=1S/C19H25N5O2S/c1-18(14-5-3-2-4-6-14,21-16(25)13-7-10-27-12-13)15-11-24(23-22-15)19(8-9-19)17(20)26/h7,10-12,14H,2-6,8-9H2,1H3,(H2,20,26)(H,21,25)/t18-/m0/s1. The number of carbonyl (C=O) groups is 2. The average molecular weight is 388 g/mol. The fraction of sp³-hybridized carbons (Fsp3) is 0.579. The van der Waals surface area contributed by atoms with E-state index < -0.39 is 11.1 Å². The van der Waals surface area contributed by atoms with Crippen molar-refractivity contribution in [2.24, 2.45) is 11.7 Å². The summed E-state index contributed by atoms with van der Waals surface area (Å²) < 4.78 is 1.60. The Morgan fingerprint density at radius 3 is 2.67 bits per heavy atom. The molecule has 2 fully saturated rings. The maximum atomic E-state index is 12.8. The average Bonchev–Trinajstić information content (AvgIpc) is 3.10. The SMILES string of the molecule is C[C@@](NC(=O)c1ccsc1)(c1cn(C2(C(N)=O)CC2)nn1)C1CCCCC1. The molecule has 2 saturated carbocycles. The largest absolute Gasteiger partial charge is 0.368 e. The molecule has 2 aliphatic carbocycles. The second-order valence-electron chi connectivity index (χ2n) is 7.95. The van der Waals surface area contributed by atoms with Crippen LogP contribution in [0.2, 0.25) is 0 Å². The van der Waals surface area contributed by atoms with Gasteiger partial charge in [0, 0.05) is 5.38 Å². The summed E-state index contributed by atoms with van der Waals surface area (Å²) in [5.74, 6) is -0.196. The van der Waals surface area contributed by atoms with Crippen molar-refractivity contribution in [1.29, 1.82) is 0 Å². The summed E-state index contributed by atoms with van der Waals surface area (Å²) in [5.41, 5.74) is 5.56. The van der Waals surface area contributed by atoms with Gasteiger partial charge in [-0.2, -0.15) is 11.3 Å². The van der Waals surface area contributed by atoms with Gasteiger partial charge >= 0.3 is 0 Å². The quantitative estimate of drug-likeness (QED) is 0.795. The molecule has 1 atom stereocenters. The van der Waals surface area contributed by atoms with Crippen LogP contribution in [0.4, 0.5) is 0 Å². The number of hydrogen-bond acceptors (Lipinski definition) is 5. The van der Waals surface area contributed by atoms with Gasteiger partial charge in [-0.05, 0) is 50.0 Å². The number of rotatable bonds is 6. The van der Waals surface area contributed by atoms with E-state index in [0.29, 0.717) is 24.1 Å². The lowest BCUT2D eigenvalue weighted by molar-refractivity contribution is -0.122. The molecule has 2 amide bonds. The van der Waals surface area contributed by atoms with Crippen LogP contribution in [0.5, 0.6) is 0 Å². The minimum absolute atomic E-state index is 0.102. The number of carbonyl (C=O) groups excluding carboxylic acids is 2. The van der Waals surface area contributed by atoms with Crippen LogP contribution in [0.25, 0.3) is 0 Å². The molecule has 2 aromatic heterocycles. The molecule has 0 aliphatic heterocycles. The van der Waals surface area contributed by atoms with Crippen LogP contribution in [-0.4, -0.2) is 26.8 Å². The second kappa shape index (κ2) is 6.74. The third-order valence-electron chi connectivity index (χ3n) is 6.22. The lowest BCUT2D eigenvalue weighted by Crippen LogP contribution is -2.50. The lowest BCUT2D eigenvalue weighted by atomic mass is 9.74. The summed E-state index contributed by atoms with van der Waals surface area (Å²) in [5, 5.41) is 15.6. The van der Waals surface area contributed by atoms with E-state index in [2.05, 4.69) is 15.6 Å². The van der Waals surface area contributed by atoms with Crippen LogP contribution in [0.1, 0.15) is 67.9 Å². The molecule has 8 heteroatoms. The molecule has 4 rings (SSSR count). The molecule has 0 aromatic carbocycles. The summed E-state index contributed by atoms with van der Waals surface area (Å²) in [7, 11) is 0. The Balaban J connectivity index is 1.66. The summed E-state index contributed by atoms with van der Waals surface area (Å²) in [6.07, 6.45) is 8.77. The van der Waals surface area contributed by atoms with Crippen LogP contribution in [0, 0.1) is 5.92 Å². The van der Waals surface area contributed by atoms with Crippen LogP contribution in [-0.2, 0) is 15.9 Å². The fourth-order valence-corrected chi connectivity index (χ4v) is 4.81. The molecule has 0 saturated heterocycles. The molecule has 144 valence electrons. The van der Waals surface area contributed by atoms with Crippen LogP contribution < -0.4 is 11.1 Å². The molecule has 0 spiro atoms. The zero-order valence-corrected chi connectivity index (χ0v) is 16.3. The van der Waals surface area contributed by atoms with Gasteiger partial charge in [0.25, 0.3) is 5.91 Å². The summed E-state index contributed by atoms with van der Waals surface area (Å²) in [6, 6.07) is 1.82. The first kappa shape index (κ1) is 18.2. The van der Waals surface area contributed by atoms with E-state index in [4.69, 9.17) is 5.73 Å². The van der Waals surface area contributed by atoms with Crippen molar-refractivity contribution in [3.63, 3.8) is 0 Å². The number of nitrogens with two attached hydrogens (primary N) is 1. The monoisotopic (exact) mass is 387 g/mol. The van der Waals surface area contributed by atoms with Gasteiger partial charge in [-0.3, -0.25) is 9.59 Å². The Hall–Kier alpha value is -2.22. The van der Waals surface area contributed by atoms with Crippen molar-refractivity contribution in [3.05, 3.63) is 34.3 Å². The van der Waals surface area contributed by atoms with Crippen molar-refractivity contribution >= 4 is 23.2 Å². The van der Waals surface area contributed by atoms with Crippen molar-refractivity contribution in [2.45, 2.75) is 62.9 Å². The van der Waals surface area contributed by atoms with E-state index >= 15 is 0 Å². The van der Waals surface area contributed by atoms with Gasteiger partial charge in [0.2, 0.25) is 5.91 Å². The Morgan fingerprint density at radius 1 is 1.33 bits per heavy atom. The normalized spacial score (nSPS) is 21.4. The van der Waals surface area contributed by atoms with Gasteiger partial charge in [0.15, 0.2) is 0 Å². The topological polar surface area (TPSA) is 103 Å². The zero-order chi connectivity index (χ0) is 19.1. The third-order valence-corrected chi connectivity index (χ3v) is 6.91. The van der Waals surface area contributed by atoms with Gasteiger partial charge < -0.3 is 11.1 Å². The Labute approximate surface area is 162 Å². The van der Waals surface area contributed by atoms with E-state index in [0.717, 1.165) is 25.7 Å². The summed E-state index contributed by atoms with van der Waals surface area (Å²) in [4.78, 5) is 24.7. The molecule has 3 N–H and O–H groups in total. The highest BCUT2D eigenvalue weighted by molar-refractivity contribution is 7.08. The van der Waals surface area contributed by atoms with Crippen molar-refractivity contribution < 1.29 is 9.59 Å². The molecule has 0 unspecified atom stereocenters. The lowest BCUT2D eigenvalue weighted by Gasteiger charge is -2.39. The maximum Gasteiger partial charge on any atom is 0.252 e. The molecule has 0 bridgehead atoms. The van der Waals surface area contributed by atoms with Gasteiger partial charge in [-0.25, -0.2) is 4.68 Å². The van der Waals surface area contributed by atoms with E-state index in [1.807, 2.05) is 23.8 Å². The first-order valence-corrected chi connectivity index (χ1v) is 10.5. The molecular weight excluding hydrogens is 362 g/mol. The molecule has 2 aliphatic rings. The van der Waals surface area contributed by atoms with Crippen molar-refractivity contribution in [1.82, 2.24) is 20.3 Å². The molecule has 2 aromatic rings. The van der Waals surface area contributed by atoms with Gasteiger partial charge in [0.1, 0.15) is 11.2 Å². The number of thiophene rings is 1. The third kappa shape index (κ3) is 3.16. The second-order valence-corrected chi connectivity index (χ2v) is 8.73. The van der Waals surface area contributed by atoms with E-state index in [9.17, 15) is 9.59 Å². The zero-order valence-electron chi connectivity index (χ0n) is 15.5. The molecule has 27 heavy (non-hydrogen) atoms. The van der Waals surface area contributed by atoms with Crippen molar-refractivity contribution in [2.75, 3.05) is 0 Å². The van der Waals surface area contributed by atoms with Crippen LogP contribution >= 0.6 is 11.3 Å². The number of amides is 2. The van der Waals surface area contributed by atoms with E-state index in [1.54, 1.807) is 10.9 Å². The number of hydrogen-bond donors (Lipinski definition) is 2. The van der Waals surface area contributed by atoms with Gasteiger partial charge in [-0.1, -0.05) is 24.5 Å². The molecule has 7 nitrogen and oxygen atoms in total. The highest BCUT2D eigenvalue weighted by Crippen LogP contribution is 2.44. The Morgan fingerprint density at radius 2 is 2.07 bits per heavy atom. The summed E-state index contributed by atoms with van der Waals surface area (Å²) >= 11 is 1.50. The molecule has 0 radical (unpaired) electrons. The number of nitrogens with one attached hydrogen (secondary N) is 1. The first-order valence-electron chi connectivity index (χ1n) is 9.54. The fourth-order valence-electron chi connectivity index (χ4n) is 4.17. The van der Waals surface area contributed by atoms with Gasteiger partial charge in [0.05, 0.1) is 17.3 Å². The van der Waals surface area contributed by atoms with Gasteiger partial charge in [-0.15, -0.1) is 5.10 Å². The highest BCUT2D eigenvalue weighted by Gasteiger charge is 2.52. The molecular formula is C19H25N5O2S. The molecule has 2 heterocycles. The number of primary amides is 1. The van der Waals surface area contributed by atoms with Crippen molar-refractivity contribution in [3.8, 4) is 0 Å². The predicted octanol–water partition coefficient (Wildman–Crippen LogP) is 2.54. The Bertz CT molecular complexity index is 836. The Kier molecular flexibility index (Phi) is 4.53. The summed E-state index contributed by atoms with van der Waals surface area (Å²) in [6.45, 7) is 2.03. The minimum atomic E-state index is -0.740. The number of aromatic nitrogens is 3. The highest BCUT2D eigenvalue weighted by atomic mass is 32.1. The number of nitrogens with zero attached hydrogens (tertiary/aromatic N) is 3. The van der Waals surface area contributed by atoms with E-state index in [-0.39, 0.29) is 17.7 Å². The van der Waals surface area contributed by atoms with Crippen LogP contribution in [0.15, 0.2) is 23.0 Å². The smallest absolute Gasteiger partial charge is 0.252 e. The van der Waals surface area contributed by atoms with Crippen LogP contribution in [0.3, 0.4) is 0 Å². The predicted molar refractivity (Wildman–Crippen MR) is 102 cm³/mol. The minimum Gasteiger partial charge on any atom is -0.368 e. The maximum absolute atomic E-state index is 12.8. The van der Waals surface area contributed by atoms with E-state index in [1.165, 1.54) is 17.8 Å².